The van der Waals surface area contributed by atoms with Gasteiger partial charge in [-0.05, 0) is 37.6 Å². The maximum absolute atomic E-state index is 11.8. The van der Waals surface area contributed by atoms with Crippen LogP contribution in [0.2, 0.25) is 0 Å². The van der Waals surface area contributed by atoms with Gasteiger partial charge in [-0.25, -0.2) is 0 Å². The molecular formula is C15H24N2OS. The molecule has 19 heavy (non-hydrogen) atoms. The smallest absolute Gasteiger partial charge is 0.233 e. The van der Waals surface area contributed by atoms with Gasteiger partial charge in [-0.3, -0.25) is 4.79 Å². The minimum absolute atomic E-state index is 0.0547. The van der Waals surface area contributed by atoms with E-state index in [1.165, 1.54) is 5.56 Å². The van der Waals surface area contributed by atoms with Crippen LogP contribution in [0.15, 0.2) is 29.2 Å². The number of carbonyl (C=O) groups is 1. The number of amides is 1. The lowest BCUT2D eigenvalue weighted by molar-refractivity contribution is -0.120. The molecule has 3 nitrogen and oxygen atoms in total. The molecule has 0 spiro atoms. The Balaban J connectivity index is 2.53. The zero-order valence-corrected chi connectivity index (χ0v) is 12.8. The molecule has 0 fully saturated rings. The highest BCUT2D eigenvalue weighted by Gasteiger charge is 2.13. The van der Waals surface area contributed by atoms with E-state index in [0.717, 1.165) is 31.0 Å². The molecule has 1 aromatic carbocycles. The molecule has 0 saturated carbocycles. The summed E-state index contributed by atoms with van der Waals surface area (Å²) < 4.78 is 0. The number of hydrogen-bond donors (Lipinski definition) is 2. The fourth-order valence-corrected chi connectivity index (χ4v) is 2.62. The van der Waals surface area contributed by atoms with Crippen molar-refractivity contribution in [2.45, 2.75) is 43.9 Å². The van der Waals surface area contributed by atoms with E-state index in [0.29, 0.717) is 0 Å². The van der Waals surface area contributed by atoms with E-state index in [9.17, 15) is 4.79 Å². The van der Waals surface area contributed by atoms with Crippen LogP contribution < -0.4 is 10.6 Å². The molecule has 1 rings (SSSR count). The molecule has 0 bridgehead atoms. The Hall–Kier alpha value is -1.00. The lowest BCUT2D eigenvalue weighted by Gasteiger charge is -2.12. The van der Waals surface area contributed by atoms with E-state index in [2.05, 4.69) is 42.7 Å². The summed E-state index contributed by atoms with van der Waals surface area (Å²) in [5, 5.41) is 6.18. The molecule has 2 N–H and O–H groups in total. The second kappa shape index (κ2) is 8.99. The van der Waals surface area contributed by atoms with Crippen molar-refractivity contribution in [2.75, 3.05) is 13.1 Å². The summed E-state index contributed by atoms with van der Waals surface area (Å²) in [5.74, 6) is 0.115. The topological polar surface area (TPSA) is 41.1 Å². The number of nitrogens with one attached hydrogen (secondary N) is 2. The van der Waals surface area contributed by atoms with Crippen LogP contribution in [-0.2, 0) is 11.3 Å². The van der Waals surface area contributed by atoms with Gasteiger partial charge in [-0.1, -0.05) is 26.0 Å². The zero-order valence-electron chi connectivity index (χ0n) is 12.0. The van der Waals surface area contributed by atoms with Crippen LogP contribution in [0.1, 0.15) is 32.8 Å². The third-order valence-electron chi connectivity index (χ3n) is 2.71. The van der Waals surface area contributed by atoms with Gasteiger partial charge in [-0.15, -0.1) is 11.8 Å². The Bertz CT molecular complexity index is 395. The Kier molecular flexibility index (Phi) is 7.60. The third-order valence-corrected chi connectivity index (χ3v) is 3.80. The quantitative estimate of drug-likeness (QED) is 0.720. The van der Waals surface area contributed by atoms with Gasteiger partial charge in [0.2, 0.25) is 5.91 Å². The Morgan fingerprint density at radius 1 is 1.37 bits per heavy atom. The van der Waals surface area contributed by atoms with Gasteiger partial charge in [0.05, 0.1) is 5.25 Å². The molecule has 0 aliphatic heterocycles. The largest absolute Gasteiger partial charge is 0.355 e. The maximum atomic E-state index is 11.8. The van der Waals surface area contributed by atoms with E-state index >= 15 is 0 Å². The predicted octanol–water partition coefficient (Wildman–Crippen LogP) is 2.80. The van der Waals surface area contributed by atoms with E-state index in [1.807, 2.05) is 13.0 Å². The van der Waals surface area contributed by atoms with Crippen molar-refractivity contribution in [3.8, 4) is 0 Å². The van der Waals surface area contributed by atoms with Crippen molar-refractivity contribution in [3.05, 3.63) is 29.8 Å². The lowest BCUT2D eigenvalue weighted by atomic mass is 10.2. The summed E-state index contributed by atoms with van der Waals surface area (Å²) in [4.78, 5) is 13.0. The standard InChI is InChI=1S/C15H24N2OS/c1-4-9-17-15(18)12(3)19-14-8-6-7-13(10-14)11-16-5-2/h6-8,10,12,16H,4-5,9,11H2,1-3H3,(H,17,18). The highest BCUT2D eigenvalue weighted by molar-refractivity contribution is 8.00. The summed E-state index contributed by atoms with van der Waals surface area (Å²) >= 11 is 1.61. The molecule has 106 valence electrons. The molecule has 1 amide bonds. The van der Waals surface area contributed by atoms with Gasteiger partial charge in [0, 0.05) is 18.0 Å². The van der Waals surface area contributed by atoms with Crippen molar-refractivity contribution in [3.63, 3.8) is 0 Å². The predicted molar refractivity (Wildman–Crippen MR) is 82.4 cm³/mol. The van der Waals surface area contributed by atoms with Gasteiger partial charge in [0.25, 0.3) is 0 Å². The molecule has 0 aromatic heterocycles. The Labute approximate surface area is 120 Å². The third kappa shape index (κ3) is 6.12. The number of thioether (sulfide) groups is 1. The molecule has 0 aliphatic carbocycles. The second-order valence-corrected chi connectivity index (χ2v) is 5.89. The highest BCUT2D eigenvalue weighted by atomic mass is 32.2. The number of benzene rings is 1. The minimum Gasteiger partial charge on any atom is -0.355 e. The molecule has 0 radical (unpaired) electrons. The molecule has 1 atom stereocenters. The Morgan fingerprint density at radius 3 is 2.84 bits per heavy atom. The summed E-state index contributed by atoms with van der Waals surface area (Å²) in [6.45, 7) is 8.70. The molecule has 1 aromatic rings. The fraction of sp³-hybridized carbons (Fsp3) is 0.533. The monoisotopic (exact) mass is 280 g/mol. The number of hydrogen-bond acceptors (Lipinski definition) is 3. The van der Waals surface area contributed by atoms with Gasteiger partial charge in [-0.2, -0.15) is 0 Å². The van der Waals surface area contributed by atoms with Crippen LogP contribution in [-0.4, -0.2) is 24.2 Å². The van der Waals surface area contributed by atoms with Crippen molar-refractivity contribution >= 4 is 17.7 Å². The molecule has 4 heteroatoms. The van der Waals surface area contributed by atoms with Gasteiger partial charge < -0.3 is 10.6 Å². The van der Waals surface area contributed by atoms with E-state index in [4.69, 9.17) is 0 Å². The average Bonchev–Trinajstić information content (AvgIpc) is 2.42. The van der Waals surface area contributed by atoms with E-state index < -0.39 is 0 Å². The zero-order chi connectivity index (χ0) is 14.1. The van der Waals surface area contributed by atoms with Crippen molar-refractivity contribution in [2.24, 2.45) is 0 Å². The van der Waals surface area contributed by atoms with Gasteiger partial charge >= 0.3 is 0 Å². The first-order chi connectivity index (χ1) is 9.17. The number of carbonyl (C=O) groups excluding carboxylic acids is 1. The van der Waals surface area contributed by atoms with Crippen LogP contribution in [0.4, 0.5) is 0 Å². The van der Waals surface area contributed by atoms with Crippen LogP contribution in [0, 0.1) is 0 Å². The summed E-state index contributed by atoms with van der Waals surface area (Å²) in [6.07, 6.45) is 0.974. The second-order valence-electron chi connectivity index (χ2n) is 4.48. The molecule has 1 unspecified atom stereocenters. The number of rotatable bonds is 8. The van der Waals surface area contributed by atoms with Crippen LogP contribution >= 0.6 is 11.8 Å². The SMILES string of the molecule is CCCNC(=O)C(C)Sc1cccc(CNCC)c1. The molecule has 0 saturated heterocycles. The first-order valence-corrected chi connectivity index (χ1v) is 7.79. The summed E-state index contributed by atoms with van der Waals surface area (Å²) in [5.41, 5.74) is 1.26. The van der Waals surface area contributed by atoms with Crippen LogP contribution in [0.3, 0.4) is 0 Å². The normalized spacial score (nSPS) is 12.2. The average molecular weight is 280 g/mol. The van der Waals surface area contributed by atoms with Crippen LogP contribution in [0.25, 0.3) is 0 Å². The van der Waals surface area contributed by atoms with Gasteiger partial charge in [0.1, 0.15) is 0 Å². The lowest BCUT2D eigenvalue weighted by Crippen LogP contribution is -2.31. The molecule has 0 heterocycles. The van der Waals surface area contributed by atoms with Crippen molar-refractivity contribution < 1.29 is 4.79 Å². The van der Waals surface area contributed by atoms with E-state index in [1.54, 1.807) is 11.8 Å². The highest BCUT2D eigenvalue weighted by Crippen LogP contribution is 2.24. The maximum Gasteiger partial charge on any atom is 0.233 e. The molecular weight excluding hydrogens is 256 g/mol. The van der Waals surface area contributed by atoms with Gasteiger partial charge in [0.15, 0.2) is 0 Å². The Morgan fingerprint density at radius 2 is 2.16 bits per heavy atom. The van der Waals surface area contributed by atoms with Crippen molar-refractivity contribution in [1.82, 2.24) is 10.6 Å². The summed E-state index contributed by atoms with van der Waals surface area (Å²) in [7, 11) is 0. The van der Waals surface area contributed by atoms with E-state index in [-0.39, 0.29) is 11.2 Å². The first kappa shape index (κ1) is 16.1. The minimum atomic E-state index is -0.0547. The van der Waals surface area contributed by atoms with Crippen molar-refractivity contribution in [1.29, 1.82) is 0 Å². The van der Waals surface area contributed by atoms with Crippen LogP contribution in [0.5, 0.6) is 0 Å². The first-order valence-electron chi connectivity index (χ1n) is 6.91. The molecule has 0 aliphatic rings. The fourth-order valence-electron chi connectivity index (χ4n) is 1.65. The summed E-state index contributed by atoms with van der Waals surface area (Å²) in [6, 6.07) is 8.36.